The van der Waals surface area contributed by atoms with Crippen LogP contribution < -0.4 is 5.73 Å². The van der Waals surface area contributed by atoms with Crippen molar-refractivity contribution in [1.82, 2.24) is 4.37 Å². The Bertz CT molecular complexity index is 361. The summed E-state index contributed by atoms with van der Waals surface area (Å²) in [4.78, 5) is 12.9. The van der Waals surface area contributed by atoms with Crippen molar-refractivity contribution in [3.05, 3.63) is 16.6 Å². The number of aromatic nitrogens is 1. The third kappa shape index (κ3) is 2.44. The number of aryl methyl sites for hydroxylation is 1. The summed E-state index contributed by atoms with van der Waals surface area (Å²) in [6, 6.07) is 2.09. The highest BCUT2D eigenvalue weighted by Crippen LogP contribution is 2.27. The Hall–Kier alpha value is -0.740. The SMILES string of the molecule is Cc1cc(C(=O)C2CCCC(N)C2)sn1. The first-order chi connectivity index (χ1) is 7.16. The molecule has 1 aromatic rings. The van der Waals surface area contributed by atoms with Gasteiger partial charge in [-0.2, -0.15) is 4.37 Å². The molecule has 2 N–H and O–H groups in total. The van der Waals surface area contributed by atoms with Crippen molar-refractivity contribution in [3.63, 3.8) is 0 Å². The molecule has 4 heteroatoms. The lowest BCUT2D eigenvalue weighted by molar-refractivity contribution is 0.0886. The van der Waals surface area contributed by atoms with Crippen LogP contribution in [0.4, 0.5) is 0 Å². The molecule has 15 heavy (non-hydrogen) atoms. The van der Waals surface area contributed by atoms with Gasteiger partial charge in [-0.25, -0.2) is 0 Å². The van der Waals surface area contributed by atoms with Gasteiger partial charge in [0.1, 0.15) is 0 Å². The van der Waals surface area contributed by atoms with E-state index in [-0.39, 0.29) is 17.7 Å². The average molecular weight is 224 g/mol. The summed E-state index contributed by atoms with van der Waals surface area (Å²) < 4.78 is 4.14. The molecule has 3 nitrogen and oxygen atoms in total. The van der Waals surface area contributed by atoms with Crippen molar-refractivity contribution < 1.29 is 4.79 Å². The van der Waals surface area contributed by atoms with Crippen molar-refractivity contribution in [3.8, 4) is 0 Å². The highest BCUT2D eigenvalue weighted by Gasteiger charge is 2.27. The monoisotopic (exact) mass is 224 g/mol. The first-order valence-electron chi connectivity index (χ1n) is 5.40. The molecule has 0 saturated heterocycles. The van der Waals surface area contributed by atoms with Crippen molar-refractivity contribution in [2.45, 2.75) is 38.6 Å². The maximum Gasteiger partial charge on any atom is 0.177 e. The fraction of sp³-hybridized carbons (Fsp3) is 0.636. The van der Waals surface area contributed by atoms with Crippen molar-refractivity contribution in [1.29, 1.82) is 0 Å². The molecule has 2 atom stereocenters. The molecule has 0 bridgehead atoms. The summed E-state index contributed by atoms with van der Waals surface area (Å²) in [5.74, 6) is 0.379. The van der Waals surface area contributed by atoms with E-state index in [1.165, 1.54) is 11.5 Å². The molecule has 0 spiro atoms. The zero-order valence-corrected chi connectivity index (χ0v) is 9.72. The Morgan fingerprint density at radius 2 is 2.40 bits per heavy atom. The predicted molar refractivity (Wildman–Crippen MR) is 61.1 cm³/mol. The maximum absolute atomic E-state index is 12.1. The third-order valence-electron chi connectivity index (χ3n) is 2.96. The van der Waals surface area contributed by atoms with E-state index in [4.69, 9.17) is 5.73 Å². The number of ketones is 1. The number of carbonyl (C=O) groups excluding carboxylic acids is 1. The Morgan fingerprint density at radius 3 is 3.00 bits per heavy atom. The van der Waals surface area contributed by atoms with Crippen LogP contribution in [0.15, 0.2) is 6.07 Å². The van der Waals surface area contributed by atoms with E-state index in [2.05, 4.69) is 4.37 Å². The Morgan fingerprint density at radius 1 is 1.60 bits per heavy atom. The quantitative estimate of drug-likeness (QED) is 0.783. The van der Waals surface area contributed by atoms with E-state index in [1.807, 2.05) is 13.0 Å². The van der Waals surface area contributed by atoms with Gasteiger partial charge in [0.05, 0.1) is 10.6 Å². The van der Waals surface area contributed by atoms with Gasteiger partial charge in [0.15, 0.2) is 5.78 Å². The van der Waals surface area contributed by atoms with Gasteiger partial charge in [-0.15, -0.1) is 0 Å². The van der Waals surface area contributed by atoms with E-state index >= 15 is 0 Å². The molecule has 2 unspecified atom stereocenters. The van der Waals surface area contributed by atoms with Gasteiger partial charge in [0.25, 0.3) is 0 Å². The Balaban J connectivity index is 2.07. The highest BCUT2D eigenvalue weighted by molar-refractivity contribution is 7.08. The van der Waals surface area contributed by atoms with E-state index < -0.39 is 0 Å². The van der Waals surface area contributed by atoms with Gasteiger partial charge in [0.2, 0.25) is 0 Å². The lowest BCUT2D eigenvalue weighted by Gasteiger charge is -2.24. The normalized spacial score (nSPS) is 26.5. The molecule has 2 rings (SSSR count). The van der Waals surface area contributed by atoms with Crippen LogP contribution in [0.3, 0.4) is 0 Å². The molecular formula is C11H16N2OS. The van der Waals surface area contributed by atoms with Crippen LogP contribution in [0, 0.1) is 12.8 Å². The zero-order chi connectivity index (χ0) is 10.8. The number of hydrogen-bond acceptors (Lipinski definition) is 4. The van der Waals surface area contributed by atoms with Crippen molar-refractivity contribution in [2.24, 2.45) is 11.7 Å². The van der Waals surface area contributed by atoms with E-state index in [0.29, 0.717) is 0 Å². The van der Waals surface area contributed by atoms with Gasteiger partial charge in [-0.05, 0) is 43.8 Å². The van der Waals surface area contributed by atoms with Crippen LogP contribution in [0.2, 0.25) is 0 Å². The molecule has 82 valence electrons. The number of Topliss-reactive ketones (excluding diaryl/α,β-unsaturated/α-hetero) is 1. The zero-order valence-electron chi connectivity index (χ0n) is 8.90. The molecule has 1 aliphatic carbocycles. The van der Waals surface area contributed by atoms with Gasteiger partial charge in [-0.3, -0.25) is 4.79 Å². The minimum Gasteiger partial charge on any atom is -0.328 e. The van der Waals surface area contributed by atoms with E-state index in [1.54, 1.807) is 0 Å². The second-order valence-corrected chi connectivity index (χ2v) is 5.13. The molecule has 0 radical (unpaired) electrons. The number of nitrogens with zero attached hydrogens (tertiary/aromatic N) is 1. The molecule has 1 heterocycles. The topological polar surface area (TPSA) is 56.0 Å². The number of rotatable bonds is 2. The smallest absolute Gasteiger partial charge is 0.177 e. The van der Waals surface area contributed by atoms with Gasteiger partial charge >= 0.3 is 0 Å². The minimum absolute atomic E-state index is 0.133. The molecule has 1 saturated carbocycles. The van der Waals surface area contributed by atoms with Gasteiger partial charge < -0.3 is 5.73 Å². The van der Waals surface area contributed by atoms with Crippen LogP contribution in [0.5, 0.6) is 0 Å². The molecule has 0 aliphatic heterocycles. The summed E-state index contributed by atoms with van der Waals surface area (Å²) in [5.41, 5.74) is 6.82. The summed E-state index contributed by atoms with van der Waals surface area (Å²) in [6.07, 6.45) is 3.97. The minimum atomic E-state index is 0.133. The number of carbonyl (C=O) groups is 1. The molecule has 0 amide bonds. The summed E-state index contributed by atoms with van der Waals surface area (Å²) in [7, 11) is 0. The first kappa shape index (κ1) is 10.8. The average Bonchev–Trinajstić information content (AvgIpc) is 2.64. The standard InChI is InChI=1S/C11H16N2OS/c1-7-5-10(15-13-7)11(14)8-3-2-4-9(12)6-8/h5,8-9H,2-4,6,12H2,1H3. The van der Waals surface area contributed by atoms with Gasteiger partial charge in [-0.1, -0.05) is 6.42 Å². The number of hydrogen-bond donors (Lipinski definition) is 1. The largest absolute Gasteiger partial charge is 0.328 e. The molecule has 0 aromatic carbocycles. The highest BCUT2D eigenvalue weighted by atomic mass is 32.1. The third-order valence-corrected chi connectivity index (χ3v) is 3.85. The molecule has 1 aliphatic rings. The lowest BCUT2D eigenvalue weighted by Crippen LogP contribution is -2.31. The van der Waals surface area contributed by atoms with E-state index in [9.17, 15) is 4.79 Å². The molecule has 1 aromatic heterocycles. The fourth-order valence-corrected chi connectivity index (χ4v) is 2.92. The van der Waals surface area contributed by atoms with Crippen molar-refractivity contribution in [2.75, 3.05) is 0 Å². The summed E-state index contributed by atoms with van der Waals surface area (Å²) >= 11 is 1.31. The molecular weight excluding hydrogens is 208 g/mol. The van der Waals surface area contributed by atoms with Crippen LogP contribution in [-0.4, -0.2) is 16.2 Å². The maximum atomic E-state index is 12.1. The van der Waals surface area contributed by atoms with Crippen LogP contribution in [0.1, 0.15) is 41.0 Å². The van der Waals surface area contributed by atoms with Crippen LogP contribution in [-0.2, 0) is 0 Å². The fourth-order valence-electron chi connectivity index (χ4n) is 2.15. The first-order valence-corrected chi connectivity index (χ1v) is 6.17. The van der Waals surface area contributed by atoms with E-state index in [0.717, 1.165) is 36.3 Å². The second kappa shape index (κ2) is 4.41. The summed E-state index contributed by atoms with van der Waals surface area (Å²) in [5, 5.41) is 0. The molecule has 1 fully saturated rings. The van der Waals surface area contributed by atoms with Crippen LogP contribution >= 0.6 is 11.5 Å². The van der Waals surface area contributed by atoms with Gasteiger partial charge in [0, 0.05) is 12.0 Å². The predicted octanol–water partition coefficient (Wildman–Crippen LogP) is 2.15. The second-order valence-electron chi connectivity index (χ2n) is 4.32. The Labute approximate surface area is 93.8 Å². The lowest BCUT2D eigenvalue weighted by atomic mass is 9.83. The Kier molecular flexibility index (Phi) is 3.17. The van der Waals surface area contributed by atoms with Crippen LogP contribution in [0.25, 0.3) is 0 Å². The number of nitrogens with two attached hydrogens (primary N) is 1. The van der Waals surface area contributed by atoms with Crippen molar-refractivity contribution >= 4 is 17.3 Å². The summed E-state index contributed by atoms with van der Waals surface area (Å²) in [6.45, 7) is 1.92.